The predicted octanol–water partition coefficient (Wildman–Crippen LogP) is 3.65. The van der Waals surface area contributed by atoms with Crippen LogP contribution in [0.5, 0.6) is 0 Å². The summed E-state index contributed by atoms with van der Waals surface area (Å²) in [5.74, 6) is -0.493. The highest BCUT2D eigenvalue weighted by Crippen LogP contribution is 2.31. The Hall–Kier alpha value is -3.71. The average Bonchev–Trinajstić information content (AvgIpc) is 3.21. The molecule has 2 amide bonds. The number of likely N-dealkylation sites (tertiary alicyclic amines) is 1. The molecule has 2 aromatic heterocycles. The number of rotatable bonds is 4. The highest BCUT2D eigenvalue weighted by Gasteiger charge is 2.25. The van der Waals surface area contributed by atoms with Gasteiger partial charge in [0.15, 0.2) is 0 Å². The van der Waals surface area contributed by atoms with Crippen LogP contribution in [0.4, 0.5) is 0 Å². The molecule has 0 saturated carbocycles. The van der Waals surface area contributed by atoms with Crippen molar-refractivity contribution in [3.8, 4) is 11.3 Å². The summed E-state index contributed by atoms with van der Waals surface area (Å²) in [5, 5.41) is 0.855. The Labute approximate surface area is 192 Å². The van der Waals surface area contributed by atoms with Gasteiger partial charge in [-0.1, -0.05) is 30.3 Å². The maximum Gasteiger partial charge on any atom is 0.253 e. The number of nitrogens with two attached hydrogens (primary N) is 1. The van der Waals surface area contributed by atoms with Crippen LogP contribution in [0.15, 0.2) is 54.6 Å². The number of fused-ring (bicyclic) bond motifs is 3. The van der Waals surface area contributed by atoms with E-state index in [4.69, 9.17) is 10.7 Å². The van der Waals surface area contributed by atoms with E-state index in [-0.39, 0.29) is 5.91 Å². The molecule has 0 spiro atoms. The third-order valence-electron chi connectivity index (χ3n) is 6.62. The first kappa shape index (κ1) is 21.2. The van der Waals surface area contributed by atoms with Crippen molar-refractivity contribution in [3.05, 3.63) is 65.7 Å². The number of benzene rings is 2. The molecule has 1 aliphatic heterocycles. The first-order chi connectivity index (χ1) is 15.9. The Morgan fingerprint density at radius 2 is 1.79 bits per heavy atom. The van der Waals surface area contributed by atoms with Gasteiger partial charge in [0.1, 0.15) is 0 Å². The van der Waals surface area contributed by atoms with Crippen LogP contribution in [0.1, 0.15) is 33.6 Å². The highest BCUT2D eigenvalue weighted by atomic mass is 16.2. The number of piperidine rings is 1. The summed E-state index contributed by atoms with van der Waals surface area (Å²) in [4.78, 5) is 37.7. The van der Waals surface area contributed by atoms with Crippen LogP contribution in [-0.2, 0) is 0 Å². The van der Waals surface area contributed by atoms with E-state index in [0.717, 1.165) is 42.4 Å². The molecule has 3 N–H and O–H groups in total. The van der Waals surface area contributed by atoms with E-state index in [1.54, 1.807) is 6.07 Å². The lowest BCUT2D eigenvalue weighted by atomic mass is 10.0. The number of carbonyl (C=O) groups is 2. The van der Waals surface area contributed by atoms with Gasteiger partial charge in [0, 0.05) is 41.2 Å². The van der Waals surface area contributed by atoms with Crippen molar-refractivity contribution in [2.45, 2.75) is 18.9 Å². The van der Waals surface area contributed by atoms with Crippen molar-refractivity contribution in [1.29, 1.82) is 0 Å². The zero-order chi connectivity index (χ0) is 23.1. The van der Waals surface area contributed by atoms with E-state index < -0.39 is 5.91 Å². The molecular weight excluding hydrogens is 414 g/mol. The molecule has 5 rings (SSSR count). The molecule has 2 aromatic carbocycles. The normalized spacial score (nSPS) is 14.9. The molecule has 0 atom stereocenters. The van der Waals surface area contributed by atoms with Gasteiger partial charge in [-0.25, -0.2) is 4.98 Å². The predicted molar refractivity (Wildman–Crippen MR) is 130 cm³/mol. The summed E-state index contributed by atoms with van der Waals surface area (Å²) in [7, 11) is 4.17. The molecular formula is C26H27N5O2. The SMILES string of the molecule is CN(C)C1CCN(C(=O)c2ccc3c(c2)[nH]c2c(C(N)=O)cc(-c4ccccc4)nc23)CC1. The number of nitrogens with one attached hydrogen (secondary N) is 1. The lowest BCUT2D eigenvalue weighted by Gasteiger charge is -2.35. The standard InChI is InChI=1S/C26H27N5O2/c1-30(2)18-10-12-31(13-11-18)26(33)17-8-9-19-22(14-17)29-24-20(25(27)32)15-21(28-23(19)24)16-6-4-3-5-7-16/h3-9,14-15,18,29H,10-13H2,1-2H3,(H2,27,32). The third kappa shape index (κ3) is 3.85. The number of carbonyl (C=O) groups excluding carboxylic acids is 2. The van der Waals surface area contributed by atoms with E-state index in [1.807, 2.05) is 53.4 Å². The summed E-state index contributed by atoms with van der Waals surface area (Å²) < 4.78 is 0. The second kappa shape index (κ2) is 8.33. The van der Waals surface area contributed by atoms with Gasteiger partial charge in [-0.2, -0.15) is 0 Å². The van der Waals surface area contributed by atoms with Crippen molar-refractivity contribution in [1.82, 2.24) is 19.8 Å². The number of hydrogen-bond acceptors (Lipinski definition) is 4. The van der Waals surface area contributed by atoms with Crippen molar-refractivity contribution in [3.63, 3.8) is 0 Å². The molecule has 0 radical (unpaired) electrons. The second-order valence-electron chi connectivity index (χ2n) is 8.88. The molecule has 1 fully saturated rings. The number of amides is 2. The lowest BCUT2D eigenvalue weighted by Crippen LogP contribution is -2.44. The van der Waals surface area contributed by atoms with E-state index in [2.05, 4.69) is 24.0 Å². The Kier molecular flexibility index (Phi) is 5.34. The summed E-state index contributed by atoms with van der Waals surface area (Å²) in [5.41, 5.74) is 10.3. The molecule has 0 unspecified atom stereocenters. The largest absolute Gasteiger partial charge is 0.366 e. The molecule has 0 bridgehead atoms. The van der Waals surface area contributed by atoms with Crippen LogP contribution < -0.4 is 5.73 Å². The number of nitrogens with zero attached hydrogens (tertiary/aromatic N) is 3. The van der Waals surface area contributed by atoms with Crippen LogP contribution >= 0.6 is 0 Å². The zero-order valence-corrected chi connectivity index (χ0v) is 18.8. The van der Waals surface area contributed by atoms with Crippen LogP contribution in [0.2, 0.25) is 0 Å². The minimum atomic E-state index is -0.522. The Morgan fingerprint density at radius 1 is 1.06 bits per heavy atom. The van der Waals surface area contributed by atoms with Gasteiger partial charge in [-0.05, 0) is 51.2 Å². The number of aromatic amines is 1. The molecule has 7 heteroatoms. The molecule has 3 heterocycles. The van der Waals surface area contributed by atoms with Crippen LogP contribution in [-0.4, -0.2) is 64.8 Å². The van der Waals surface area contributed by atoms with E-state index in [1.165, 1.54) is 0 Å². The molecule has 4 aromatic rings. The molecule has 1 aliphatic rings. The molecule has 1 saturated heterocycles. The monoisotopic (exact) mass is 441 g/mol. The van der Waals surface area contributed by atoms with E-state index in [0.29, 0.717) is 33.9 Å². The molecule has 0 aliphatic carbocycles. The Bertz CT molecular complexity index is 1350. The van der Waals surface area contributed by atoms with E-state index in [9.17, 15) is 9.59 Å². The maximum atomic E-state index is 13.2. The number of primary amides is 1. The van der Waals surface area contributed by atoms with Gasteiger partial charge in [0.2, 0.25) is 0 Å². The Balaban J connectivity index is 1.54. The van der Waals surface area contributed by atoms with Crippen molar-refractivity contribution >= 4 is 33.8 Å². The van der Waals surface area contributed by atoms with Gasteiger partial charge in [-0.15, -0.1) is 0 Å². The summed E-state index contributed by atoms with van der Waals surface area (Å²) >= 11 is 0. The molecule has 168 valence electrons. The number of pyridine rings is 1. The number of H-pyrrole nitrogens is 1. The zero-order valence-electron chi connectivity index (χ0n) is 18.8. The van der Waals surface area contributed by atoms with Gasteiger partial charge < -0.3 is 20.5 Å². The average molecular weight is 442 g/mol. The second-order valence-corrected chi connectivity index (χ2v) is 8.88. The summed E-state index contributed by atoms with van der Waals surface area (Å²) in [6.45, 7) is 1.50. The number of hydrogen-bond donors (Lipinski definition) is 2. The van der Waals surface area contributed by atoms with Crippen LogP contribution in [0.3, 0.4) is 0 Å². The maximum absolute atomic E-state index is 13.2. The minimum absolute atomic E-state index is 0.0285. The molecule has 7 nitrogen and oxygen atoms in total. The fourth-order valence-electron chi connectivity index (χ4n) is 4.71. The van der Waals surface area contributed by atoms with Crippen LogP contribution in [0, 0.1) is 0 Å². The molecule has 33 heavy (non-hydrogen) atoms. The van der Waals surface area contributed by atoms with Gasteiger partial charge in [0.25, 0.3) is 11.8 Å². The van der Waals surface area contributed by atoms with Crippen molar-refractivity contribution in [2.24, 2.45) is 5.73 Å². The third-order valence-corrected chi connectivity index (χ3v) is 6.62. The van der Waals surface area contributed by atoms with Gasteiger partial charge in [0.05, 0.1) is 22.3 Å². The highest BCUT2D eigenvalue weighted by molar-refractivity contribution is 6.14. The Morgan fingerprint density at radius 3 is 2.45 bits per heavy atom. The van der Waals surface area contributed by atoms with Crippen molar-refractivity contribution in [2.75, 3.05) is 27.2 Å². The first-order valence-corrected chi connectivity index (χ1v) is 11.2. The first-order valence-electron chi connectivity index (χ1n) is 11.2. The fraction of sp³-hybridized carbons (Fsp3) is 0.269. The summed E-state index contributed by atoms with van der Waals surface area (Å²) in [6.07, 6.45) is 1.95. The lowest BCUT2D eigenvalue weighted by molar-refractivity contribution is 0.0663. The van der Waals surface area contributed by atoms with Gasteiger partial charge in [-0.3, -0.25) is 9.59 Å². The fourth-order valence-corrected chi connectivity index (χ4v) is 4.71. The number of aromatic nitrogens is 2. The van der Waals surface area contributed by atoms with Gasteiger partial charge >= 0.3 is 0 Å². The van der Waals surface area contributed by atoms with E-state index >= 15 is 0 Å². The van der Waals surface area contributed by atoms with Crippen LogP contribution in [0.25, 0.3) is 33.2 Å². The quantitative estimate of drug-likeness (QED) is 0.505. The topological polar surface area (TPSA) is 95.3 Å². The smallest absolute Gasteiger partial charge is 0.253 e. The minimum Gasteiger partial charge on any atom is -0.366 e. The summed E-state index contributed by atoms with van der Waals surface area (Å²) in [6, 6.07) is 17.5. The van der Waals surface area contributed by atoms with Crippen molar-refractivity contribution < 1.29 is 9.59 Å².